The van der Waals surface area contributed by atoms with E-state index in [2.05, 4.69) is 6.92 Å². The predicted octanol–water partition coefficient (Wildman–Crippen LogP) is 4.46. The molecule has 0 aromatic carbocycles. The fraction of sp³-hybridized carbons (Fsp3) is 0.909. The first-order valence-corrected chi connectivity index (χ1v) is 13.1. The van der Waals surface area contributed by atoms with Crippen LogP contribution in [0.4, 0.5) is 0 Å². The molecule has 0 aromatic rings. The second kappa shape index (κ2) is 22.3. The van der Waals surface area contributed by atoms with Gasteiger partial charge in [-0.1, -0.05) is 110 Å². The zero-order chi connectivity index (χ0) is 22.9. The summed E-state index contributed by atoms with van der Waals surface area (Å²) in [5.41, 5.74) is 5.00. The molecule has 0 bridgehead atoms. The molecule has 1 amide bonds. The van der Waals surface area contributed by atoms with Crippen molar-refractivity contribution in [3.8, 4) is 0 Å². The van der Waals surface area contributed by atoms with Gasteiger partial charge in [-0.25, -0.2) is 0 Å². The van der Waals surface area contributed by atoms with Crippen molar-refractivity contribution < 1.29 is 27.7 Å². The maximum atomic E-state index is 11.6. The van der Waals surface area contributed by atoms with Crippen LogP contribution >= 0.6 is 0 Å². The minimum atomic E-state index is -4.94. The molecule has 0 aromatic heterocycles. The van der Waals surface area contributed by atoms with Crippen LogP contribution in [-0.4, -0.2) is 93.8 Å². The van der Waals surface area contributed by atoms with Crippen molar-refractivity contribution in [3.05, 3.63) is 0 Å². The Kier molecular flexibility index (Phi) is 26.1. The topological polar surface area (TPSA) is 135 Å². The summed E-state index contributed by atoms with van der Waals surface area (Å²) in [6.07, 6.45) is 17.1. The van der Waals surface area contributed by atoms with Crippen molar-refractivity contribution >= 4 is 81.1 Å². The van der Waals surface area contributed by atoms with E-state index in [1.807, 2.05) is 0 Å². The van der Waals surface area contributed by atoms with E-state index in [9.17, 15) is 27.7 Å². The second-order valence-corrected chi connectivity index (χ2v) is 10.2. The fourth-order valence-electron chi connectivity index (χ4n) is 3.84. The van der Waals surface area contributed by atoms with Crippen molar-refractivity contribution in [1.82, 2.24) is 0 Å². The third-order valence-electron chi connectivity index (χ3n) is 5.78. The van der Waals surface area contributed by atoms with Gasteiger partial charge in [0.25, 0.3) is 10.1 Å². The van der Waals surface area contributed by atoms with Crippen LogP contribution < -0.4 is 5.73 Å². The Balaban J connectivity index is -0.00000420. The van der Waals surface area contributed by atoms with Crippen LogP contribution in [0.5, 0.6) is 0 Å². The van der Waals surface area contributed by atoms with Crippen molar-refractivity contribution in [2.24, 2.45) is 5.73 Å². The SMILES string of the molecule is CCCCCCCCCCCCCCCCCCC(CC(N)=O)(C(=O)O)S(=O)(=O)O.[Na].[Na]. The first-order valence-electron chi connectivity index (χ1n) is 11.7. The van der Waals surface area contributed by atoms with Gasteiger partial charge in [-0.2, -0.15) is 8.42 Å². The summed E-state index contributed by atoms with van der Waals surface area (Å²) in [4.78, 5) is 22.6. The number of amides is 1. The number of primary amides is 1. The molecule has 0 aliphatic carbocycles. The van der Waals surface area contributed by atoms with Crippen LogP contribution in [0.15, 0.2) is 0 Å². The molecule has 7 nitrogen and oxygen atoms in total. The van der Waals surface area contributed by atoms with Gasteiger partial charge in [0.15, 0.2) is 0 Å². The van der Waals surface area contributed by atoms with Crippen LogP contribution in [0.1, 0.15) is 122 Å². The van der Waals surface area contributed by atoms with Crippen LogP contribution in [0.2, 0.25) is 0 Å². The number of carbonyl (C=O) groups excluding carboxylic acids is 1. The average Bonchev–Trinajstić information content (AvgIpc) is 2.65. The summed E-state index contributed by atoms with van der Waals surface area (Å²) in [7, 11) is -4.94. The molecule has 4 N–H and O–H groups in total. The molecule has 0 fully saturated rings. The number of carbonyl (C=O) groups is 2. The Morgan fingerprint density at radius 2 is 1.03 bits per heavy atom. The molecular formula is C22H43NNa2O6S. The number of carboxylic acids is 1. The van der Waals surface area contributed by atoms with Gasteiger partial charge in [-0.15, -0.1) is 0 Å². The van der Waals surface area contributed by atoms with Gasteiger partial charge in [0.05, 0.1) is 6.42 Å². The van der Waals surface area contributed by atoms with E-state index in [1.165, 1.54) is 70.6 Å². The molecule has 0 saturated heterocycles. The fourth-order valence-corrected chi connectivity index (χ4v) is 4.79. The normalized spacial score (nSPS) is 12.9. The molecule has 1 unspecified atom stereocenters. The van der Waals surface area contributed by atoms with E-state index < -0.39 is 33.2 Å². The summed E-state index contributed by atoms with van der Waals surface area (Å²) in [5, 5.41) is 9.29. The van der Waals surface area contributed by atoms with Crippen LogP contribution in [0, 0.1) is 0 Å². The van der Waals surface area contributed by atoms with E-state index >= 15 is 0 Å². The Labute approximate surface area is 239 Å². The first kappa shape index (κ1) is 37.4. The Morgan fingerprint density at radius 1 is 0.719 bits per heavy atom. The maximum absolute atomic E-state index is 11.6. The number of hydrogen-bond donors (Lipinski definition) is 3. The number of hydrogen-bond acceptors (Lipinski definition) is 4. The second-order valence-electron chi connectivity index (χ2n) is 8.47. The zero-order valence-corrected chi connectivity index (χ0v) is 25.6. The van der Waals surface area contributed by atoms with Gasteiger partial charge in [0.2, 0.25) is 10.7 Å². The Morgan fingerprint density at radius 3 is 1.28 bits per heavy atom. The molecular weight excluding hydrogens is 452 g/mol. The smallest absolute Gasteiger partial charge is 0.328 e. The summed E-state index contributed by atoms with van der Waals surface area (Å²) >= 11 is 0. The number of carboxylic acid groups (broad SMARTS) is 1. The van der Waals surface area contributed by atoms with Crippen molar-refractivity contribution in [1.29, 1.82) is 0 Å². The molecule has 32 heavy (non-hydrogen) atoms. The van der Waals surface area contributed by atoms with E-state index in [0.717, 1.165) is 19.3 Å². The molecule has 0 saturated carbocycles. The third-order valence-corrected chi connectivity index (χ3v) is 7.29. The van der Waals surface area contributed by atoms with Crippen LogP contribution in [0.25, 0.3) is 0 Å². The molecule has 1 atom stereocenters. The van der Waals surface area contributed by atoms with E-state index in [4.69, 9.17) is 5.73 Å². The van der Waals surface area contributed by atoms with E-state index in [-0.39, 0.29) is 65.5 Å². The summed E-state index contributed by atoms with van der Waals surface area (Å²) in [5.74, 6) is -2.80. The number of unbranched alkanes of at least 4 members (excludes halogenated alkanes) is 15. The minimum absolute atomic E-state index is 0. The van der Waals surface area contributed by atoms with Gasteiger partial charge in [0.1, 0.15) is 0 Å². The molecule has 2 radical (unpaired) electrons. The first-order chi connectivity index (χ1) is 14.2. The van der Waals surface area contributed by atoms with Crippen molar-refractivity contribution in [2.45, 2.75) is 127 Å². The standard InChI is InChI=1S/C22H43NO6S.2Na/c1-2-3-4-5-6-7-8-9-10-11-12-13-14-15-16-17-18-22(21(25)26,19-20(23)24)30(27,28)29;;/h2-19H2,1H3,(H2,23,24)(H,25,26)(H,27,28,29);;. The van der Waals surface area contributed by atoms with Crippen molar-refractivity contribution in [2.75, 3.05) is 0 Å². The minimum Gasteiger partial charge on any atom is -0.480 e. The number of nitrogens with two attached hydrogens (primary N) is 1. The monoisotopic (exact) mass is 495 g/mol. The van der Waals surface area contributed by atoms with Gasteiger partial charge in [-0.3, -0.25) is 14.1 Å². The number of rotatable bonds is 21. The maximum Gasteiger partial charge on any atom is 0.328 e. The molecule has 0 aliphatic rings. The quantitative estimate of drug-likeness (QED) is 0.122. The molecule has 0 spiro atoms. The van der Waals surface area contributed by atoms with Crippen LogP contribution in [0.3, 0.4) is 0 Å². The molecule has 0 rings (SSSR count). The Bertz CT molecular complexity index is 589. The predicted molar refractivity (Wildman–Crippen MR) is 131 cm³/mol. The Hall–Kier alpha value is 0.850. The van der Waals surface area contributed by atoms with Gasteiger partial charge >= 0.3 is 5.97 Å². The summed E-state index contributed by atoms with van der Waals surface area (Å²) < 4.78 is 30.0. The summed E-state index contributed by atoms with van der Waals surface area (Å²) in [6, 6.07) is 0. The molecule has 180 valence electrons. The van der Waals surface area contributed by atoms with Gasteiger partial charge in [-0.05, 0) is 6.42 Å². The van der Waals surface area contributed by atoms with Crippen LogP contribution in [-0.2, 0) is 19.7 Å². The van der Waals surface area contributed by atoms with Gasteiger partial charge < -0.3 is 10.8 Å². The van der Waals surface area contributed by atoms with E-state index in [0.29, 0.717) is 12.8 Å². The number of aliphatic carboxylic acids is 1. The molecule has 0 heterocycles. The van der Waals surface area contributed by atoms with E-state index in [1.54, 1.807) is 0 Å². The molecule has 10 heteroatoms. The zero-order valence-electron chi connectivity index (χ0n) is 20.7. The third kappa shape index (κ3) is 17.3. The summed E-state index contributed by atoms with van der Waals surface area (Å²) in [6.45, 7) is 2.24. The molecule has 0 aliphatic heterocycles. The van der Waals surface area contributed by atoms with Gasteiger partial charge in [0, 0.05) is 59.1 Å². The largest absolute Gasteiger partial charge is 0.480 e. The average molecular weight is 496 g/mol. The van der Waals surface area contributed by atoms with Crippen molar-refractivity contribution in [3.63, 3.8) is 0 Å².